The number of nitrogens with zero attached hydrogens (tertiary/aromatic N) is 2. The minimum atomic E-state index is -0.469. The summed E-state index contributed by atoms with van der Waals surface area (Å²) in [6.07, 6.45) is 3.13. The molecule has 0 radical (unpaired) electrons. The molecule has 6 heteroatoms. The Labute approximate surface area is 107 Å². The molecule has 0 saturated heterocycles. The monoisotopic (exact) mass is 264 g/mol. The van der Waals surface area contributed by atoms with Crippen molar-refractivity contribution in [2.45, 2.75) is 6.54 Å². The summed E-state index contributed by atoms with van der Waals surface area (Å²) in [5, 5.41) is 11.2. The van der Waals surface area contributed by atoms with Crippen molar-refractivity contribution >= 4 is 17.3 Å². The molecule has 0 bridgehead atoms. The molecule has 0 saturated carbocycles. The van der Waals surface area contributed by atoms with Gasteiger partial charge in [0.25, 0.3) is 5.69 Å². The molecule has 0 aliphatic carbocycles. The Balaban J connectivity index is 2.42. The van der Waals surface area contributed by atoms with Gasteiger partial charge in [-0.15, -0.1) is 0 Å². The maximum atomic E-state index is 11.0. The van der Waals surface area contributed by atoms with Gasteiger partial charge in [0.1, 0.15) is 0 Å². The number of nitro groups is 1. The van der Waals surface area contributed by atoms with Gasteiger partial charge in [0, 0.05) is 30.6 Å². The molecule has 0 fully saturated rings. The fourth-order valence-corrected chi connectivity index (χ4v) is 1.84. The predicted molar refractivity (Wildman–Crippen MR) is 67.9 cm³/mol. The van der Waals surface area contributed by atoms with Crippen LogP contribution in [0, 0.1) is 10.1 Å². The summed E-state index contributed by atoms with van der Waals surface area (Å²) in [7, 11) is 0. The lowest BCUT2D eigenvalue weighted by molar-refractivity contribution is -0.385. The number of benzene rings is 1. The zero-order valence-electron chi connectivity index (χ0n) is 9.25. The van der Waals surface area contributed by atoms with Crippen LogP contribution >= 0.6 is 11.6 Å². The second kappa shape index (κ2) is 5.01. The maximum absolute atomic E-state index is 11.0. The molecular formula is C12H9ClN2O3. The third-order valence-electron chi connectivity index (χ3n) is 2.49. The van der Waals surface area contributed by atoms with Crippen molar-refractivity contribution in [1.82, 2.24) is 4.57 Å². The lowest BCUT2D eigenvalue weighted by atomic mass is 10.1. The number of hydrogen-bond donors (Lipinski definition) is 0. The smallest absolute Gasteiger partial charge is 0.275 e. The minimum Gasteiger partial charge on any atom is -0.349 e. The highest BCUT2D eigenvalue weighted by atomic mass is 35.5. The van der Waals surface area contributed by atoms with Gasteiger partial charge < -0.3 is 4.57 Å². The van der Waals surface area contributed by atoms with Gasteiger partial charge in [-0.2, -0.15) is 0 Å². The van der Waals surface area contributed by atoms with Gasteiger partial charge in [-0.25, -0.2) is 0 Å². The number of nitro benzene ring substituents is 1. The molecule has 92 valence electrons. The zero-order chi connectivity index (χ0) is 13.1. The summed E-state index contributed by atoms with van der Waals surface area (Å²) in [6.45, 7) is 0.246. The van der Waals surface area contributed by atoms with Gasteiger partial charge in [-0.1, -0.05) is 17.7 Å². The van der Waals surface area contributed by atoms with Gasteiger partial charge in [0.05, 0.1) is 22.1 Å². The van der Waals surface area contributed by atoms with Crippen LogP contribution in [0.1, 0.15) is 5.56 Å². The Morgan fingerprint density at radius 1 is 1.22 bits per heavy atom. The maximum Gasteiger partial charge on any atom is 0.275 e. The fourth-order valence-electron chi connectivity index (χ4n) is 1.61. The first kappa shape index (κ1) is 12.3. The normalized spacial score (nSPS) is 10.3. The first-order chi connectivity index (χ1) is 8.58. The molecule has 0 unspecified atom stereocenters. The zero-order valence-corrected chi connectivity index (χ0v) is 10.0. The molecule has 0 atom stereocenters. The average molecular weight is 265 g/mol. The number of rotatable bonds is 3. The molecule has 0 aliphatic heterocycles. The largest absolute Gasteiger partial charge is 0.349 e. The molecule has 2 rings (SSSR count). The van der Waals surface area contributed by atoms with E-state index in [0.29, 0.717) is 10.6 Å². The predicted octanol–water partition coefficient (Wildman–Crippen LogP) is 2.46. The van der Waals surface area contributed by atoms with Gasteiger partial charge in [0.15, 0.2) is 5.43 Å². The van der Waals surface area contributed by atoms with E-state index in [1.807, 2.05) is 0 Å². The highest BCUT2D eigenvalue weighted by Gasteiger charge is 2.16. The standard InChI is InChI=1S/C12H9ClN2O3/c13-11-2-1-3-12(15(17)18)10(11)8-14-6-4-9(16)5-7-14/h1-7H,8H2. The summed E-state index contributed by atoms with van der Waals surface area (Å²) in [5.41, 5.74) is 0.286. The average Bonchev–Trinajstić information content (AvgIpc) is 2.34. The molecule has 0 spiro atoms. The van der Waals surface area contributed by atoms with Crippen LogP contribution in [0.4, 0.5) is 5.69 Å². The van der Waals surface area contributed by atoms with Crippen LogP contribution in [0.2, 0.25) is 5.02 Å². The summed E-state index contributed by atoms with van der Waals surface area (Å²) in [6, 6.07) is 7.33. The van der Waals surface area contributed by atoms with Crippen molar-refractivity contribution in [2.24, 2.45) is 0 Å². The number of hydrogen-bond acceptors (Lipinski definition) is 3. The van der Waals surface area contributed by atoms with Crippen LogP contribution < -0.4 is 5.43 Å². The molecular weight excluding hydrogens is 256 g/mol. The number of pyridine rings is 1. The van der Waals surface area contributed by atoms with E-state index < -0.39 is 4.92 Å². The lowest BCUT2D eigenvalue weighted by Gasteiger charge is -2.08. The summed E-state index contributed by atoms with van der Waals surface area (Å²) in [4.78, 5) is 21.4. The summed E-state index contributed by atoms with van der Waals surface area (Å²) >= 11 is 5.98. The van der Waals surface area contributed by atoms with E-state index in [0.717, 1.165) is 0 Å². The SMILES string of the molecule is O=c1ccn(Cc2c(Cl)cccc2[N+](=O)[O-])cc1. The van der Waals surface area contributed by atoms with Gasteiger partial charge >= 0.3 is 0 Å². The first-order valence-corrected chi connectivity index (χ1v) is 5.53. The van der Waals surface area contributed by atoms with E-state index in [9.17, 15) is 14.9 Å². The summed E-state index contributed by atoms with van der Waals surface area (Å²) in [5.74, 6) is 0. The van der Waals surface area contributed by atoms with Crippen molar-refractivity contribution < 1.29 is 4.92 Å². The van der Waals surface area contributed by atoms with Crippen molar-refractivity contribution in [1.29, 1.82) is 0 Å². The molecule has 0 aliphatic rings. The van der Waals surface area contributed by atoms with E-state index in [1.54, 1.807) is 23.0 Å². The molecule has 1 aromatic carbocycles. The molecule has 18 heavy (non-hydrogen) atoms. The van der Waals surface area contributed by atoms with Crippen molar-refractivity contribution in [3.63, 3.8) is 0 Å². The Morgan fingerprint density at radius 3 is 2.50 bits per heavy atom. The Morgan fingerprint density at radius 2 is 1.89 bits per heavy atom. The van der Waals surface area contributed by atoms with E-state index in [4.69, 9.17) is 11.6 Å². The van der Waals surface area contributed by atoms with Crippen molar-refractivity contribution in [3.8, 4) is 0 Å². The quantitative estimate of drug-likeness (QED) is 0.632. The first-order valence-electron chi connectivity index (χ1n) is 5.16. The Hall–Kier alpha value is -2.14. The van der Waals surface area contributed by atoms with Crippen LogP contribution in [0.5, 0.6) is 0 Å². The second-order valence-electron chi connectivity index (χ2n) is 3.70. The topological polar surface area (TPSA) is 65.1 Å². The highest BCUT2D eigenvalue weighted by molar-refractivity contribution is 6.31. The van der Waals surface area contributed by atoms with E-state index in [1.165, 1.54) is 24.3 Å². The van der Waals surface area contributed by atoms with Crippen LogP contribution in [0.3, 0.4) is 0 Å². The Bertz CT molecular complexity index is 632. The fraction of sp³-hybridized carbons (Fsp3) is 0.0833. The molecule has 0 amide bonds. The van der Waals surface area contributed by atoms with Crippen LogP contribution in [-0.2, 0) is 6.54 Å². The van der Waals surface area contributed by atoms with Crippen LogP contribution in [0.15, 0.2) is 47.5 Å². The van der Waals surface area contributed by atoms with Crippen LogP contribution in [0.25, 0.3) is 0 Å². The number of halogens is 1. The minimum absolute atomic E-state index is 0.0267. The molecule has 5 nitrogen and oxygen atoms in total. The number of aromatic nitrogens is 1. The molecule has 1 heterocycles. The van der Waals surface area contributed by atoms with E-state index >= 15 is 0 Å². The summed E-state index contributed by atoms with van der Waals surface area (Å²) < 4.78 is 1.66. The van der Waals surface area contributed by atoms with Gasteiger partial charge in [0.2, 0.25) is 0 Å². The third-order valence-corrected chi connectivity index (χ3v) is 2.85. The van der Waals surface area contributed by atoms with Crippen molar-refractivity contribution in [2.75, 3.05) is 0 Å². The van der Waals surface area contributed by atoms with Crippen LogP contribution in [-0.4, -0.2) is 9.49 Å². The third kappa shape index (κ3) is 2.57. The second-order valence-corrected chi connectivity index (χ2v) is 4.11. The Kier molecular flexibility index (Phi) is 3.43. The van der Waals surface area contributed by atoms with Gasteiger partial charge in [-0.3, -0.25) is 14.9 Å². The molecule has 0 N–H and O–H groups in total. The molecule has 2 aromatic rings. The van der Waals surface area contributed by atoms with Crippen molar-refractivity contribution in [3.05, 3.63) is 73.6 Å². The van der Waals surface area contributed by atoms with Gasteiger partial charge in [-0.05, 0) is 6.07 Å². The highest BCUT2D eigenvalue weighted by Crippen LogP contribution is 2.26. The lowest BCUT2D eigenvalue weighted by Crippen LogP contribution is -2.07. The van der Waals surface area contributed by atoms with E-state index in [-0.39, 0.29) is 17.7 Å². The van der Waals surface area contributed by atoms with E-state index in [2.05, 4.69) is 0 Å². The molecule has 1 aromatic heterocycles.